The average Bonchev–Trinajstić information content (AvgIpc) is 2.63. The molecule has 0 radical (unpaired) electrons. The predicted molar refractivity (Wildman–Crippen MR) is 106 cm³/mol. The summed E-state index contributed by atoms with van der Waals surface area (Å²) in [6, 6.07) is 8.47. The van der Waals surface area contributed by atoms with Crippen molar-refractivity contribution in [2.45, 2.75) is 40.2 Å². The van der Waals surface area contributed by atoms with E-state index in [1.165, 1.54) is 5.56 Å². The minimum atomic E-state index is 0.147. The van der Waals surface area contributed by atoms with Gasteiger partial charge in [-0.2, -0.15) is 0 Å². The molecule has 1 fully saturated rings. The van der Waals surface area contributed by atoms with E-state index >= 15 is 0 Å². The molecule has 5 heteroatoms. The van der Waals surface area contributed by atoms with E-state index < -0.39 is 0 Å². The number of piperazine rings is 1. The summed E-state index contributed by atoms with van der Waals surface area (Å²) in [7, 11) is 0. The van der Waals surface area contributed by atoms with E-state index in [9.17, 15) is 4.79 Å². The first-order valence-electron chi connectivity index (χ1n) is 10.00. The summed E-state index contributed by atoms with van der Waals surface area (Å²) in [5.74, 6) is 1.77. The Kier molecular flexibility index (Phi) is 8.92. The second kappa shape index (κ2) is 11.2. The maximum atomic E-state index is 11.8. The van der Waals surface area contributed by atoms with Crippen molar-refractivity contribution >= 4 is 5.91 Å². The summed E-state index contributed by atoms with van der Waals surface area (Å²) in [6.45, 7) is 13.5. The van der Waals surface area contributed by atoms with Crippen LogP contribution in [0.4, 0.5) is 0 Å². The Hall–Kier alpha value is -1.59. The number of nitrogens with one attached hydrogen (secondary N) is 1. The lowest BCUT2D eigenvalue weighted by Crippen LogP contribution is -2.49. The first-order valence-corrected chi connectivity index (χ1v) is 10.00. The molecule has 1 aliphatic heterocycles. The van der Waals surface area contributed by atoms with Gasteiger partial charge >= 0.3 is 0 Å². The zero-order valence-corrected chi connectivity index (χ0v) is 16.7. The number of hydrogen-bond donors (Lipinski definition) is 1. The van der Waals surface area contributed by atoms with Crippen LogP contribution in [0.15, 0.2) is 24.3 Å². The molecular formula is C21H35N3O2. The van der Waals surface area contributed by atoms with Gasteiger partial charge in [0.1, 0.15) is 5.75 Å². The van der Waals surface area contributed by atoms with Crippen molar-refractivity contribution in [2.75, 3.05) is 45.9 Å². The highest BCUT2D eigenvalue weighted by Gasteiger charge is 2.18. The number of carbonyl (C=O) groups is 1. The minimum absolute atomic E-state index is 0.147. The topological polar surface area (TPSA) is 44.8 Å². The molecule has 1 saturated heterocycles. The number of rotatable bonds is 10. The fraction of sp³-hybridized carbons (Fsp3) is 0.667. The molecule has 1 N–H and O–H groups in total. The van der Waals surface area contributed by atoms with E-state index in [0.29, 0.717) is 12.5 Å². The standard InChI is InChI=1S/C21H35N3O2/c1-4-10-22-21(25)17-24-13-11-23(12-14-24)16-19-5-7-20(8-6-19)26-15-9-18(2)3/h5-8,18H,4,9-17H2,1-3H3,(H,22,25). The van der Waals surface area contributed by atoms with Crippen LogP contribution < -0.4 is 10.1 Å². The molecule has 0 unspecified atom stereocenters. The third kappa shape index (κ3) is 7.75. The van der Waals surface area contributed by atoms with E-state index in [-0.39, 0.29) is 5.91 Å². The SMILES string of the molecule is CCCNC(=O)CN1CCN(Cc2ccc(OCCC(C)C)cc2)CC1. The van der Waals surface area contributed by atoms with E-state index in [1.807, 2.05) is 0 Å². The van der Waals surface area contributed by atoms with Crippen molar-refractivity contribution in [1.82, 2.24) is 15.1 Å². The summed E-state index contributed by atoms with van der Waals surface area (Å²) in [5, 5.41) is 2.95. The molecular weight excluding hydrogens is 326 g/mol. The van der Waals surface area contributed by atoms with Gasteiger partial charge in [0, 0.05) is 39.3 Å². The highest BCUT2D eigenvalue weighted by Crippen LogP contribution is 2.15. The molecule has 0 bridgehead atoms. The normalized spacial score (nSPS) is 16.0. The Bertz CT molecular complexity index is 523. The lowest BCUT2D eigenvalue weighted by atomic mass is 10.1. The Morgan fingerprint density at radius 2 is 1.77 bits per heavy atom. The van der Waals surface area contributed by atoms with Crippen LogP contribution in [0.2, 0.25) is 0 Å². The van der Waals surface area contributed by atoms with E-state index in [0.717, 1.165) is 64.5 Å². The fourth-order valence-electron chi connectivity index (χ4n) is 2.99. The van der Waals surface area contributed by atoms with Crippen molar-refractivity contribution in [3.05, 3.63) is 29.8 Å². The highest BCUT2D eigenvalue weighted by molar-refractivity contribution is 5.77. The van der Waals surface area contributed by atoms with Crippen LogP contribution in [0.3, 0.4) is 0 Å². The molecule has 5 nitrogen and oxygen atoms in total. The summed E-state index contributed by atoms with van der Waals surface area (Å²) >= 11 is 0. The van der Waals surface area contributed by atoms with E-state index in [1.54, 1.807) is 0 Å². The molecule has 1 heterocycles. The molecule has 0 spiro atoms. The van der Waals surface area contributed by atoms with Gasteiger partial charge in [0.15, 0.2) is 0 Å². The smallest absolute Gasteiger partial charge is 0.234 e. The fourth-order valence-corrected chi connectivity index (χ4v) is 2.99. The van der Waals surface area contributed by atoms with Crippen LogP contribution in [0.5, 0.6) is 5.75 Å². The Morgan fingerprint density at radius 3 is 2.38 bits per heavy atom. The van der Waals surface area contributed by atoms with E-state index in [4.69, 9.17) is 4.74 Å². The van der Waals surface area contributed by atoms with Gasteiger partial charge in [0.2, 0.25) is 5.91 Å². The van der Waals surface area contributed by atoms with Crippen LogP contribution in [0, 0.1) is 5.92 Å². The quantitative estimate of drug-likeness (QED) is 0.696. The summed E-state index contributed by atoms with van der Waals surface area (Å²) in [5.41, 5.74) is 1.32. The molecule has 26 heavy (non-hydrogen) atoms. The Labute approximate surface area is 158 Å². The van der Waals surface area contributed by atoms with Crippen molar-refractivity contribution in [2.24, 2.45) is 5.92 Å². The Balaban J connectivity index is 1.68. The lowest BCUT2D eigenvalue weighted by molar-refractivity contribution is -0.122. The number of nitrogens with zero attached hydrogens (tertiary/aromatic N) is 2. The summed E-state index contributed by atoms with van der Waals surface area (Å²) < 4.78 is 5.78. The van der Waals surface area contributed by atoms with Crippen LogP contribution >= 0.6 is 0 Å². The lowest BCUT2D eigenvalue weighted by Gasteiger charge is -2.34. The number of benzene rings is 1. The molecule has 0 aromatic heterocycles. The maximum absolute atomic E-state index is 11.8. The molecule has 1 aromatic rings. The first-order chi connectivity index (χ1) is 12.6. The van der Waals surface area contributed by atoms with Crippen molar-refractivity contribution in [3.8, 4) is 5.75 Å². The monoisotopic (exact) mass is 361 g/mol. The average molecular weight is 362 g/mol. The molecule has 146 valence electrons. The van der Waals surface area contributed by atoms with Crippen LogP contribution in [-0.4, -0.2) is 61.6 Å². The molecule has 0 saturated carbocycles. The van der Waals surface area contributed by atoms with Crippen molar-refractivity contribution in [1.29, 1.82) is 0 Å². The maximum Gasteiger partial charge on any atom is 0.234 e. The van der Waals surface area contributed by atoms with Gasteiger partial charge in [-0.25, -0.2) is 0 Å². The number of ether oxygens (including phenoxy) is 1. The van der Waals surface area contributed by atoms with Gasteiger partial charge in [0.05, 0.1) is 13.2 Å². The van der Waals surface area contributed by atoms with Gasteiger partial charge in [-0.05, 0) is 36.5 Å². The number of hydrogen-bond acceptors (Lipinski definition) is 4. The molecule has 0 aliphatic carbocycles. The van der Waals surface area contributed by atoms with Crippen LogP contribution in [-0.2, 0) is 11.3 Å². The largest absolute Gasteiger partial charge is 0.494 e. The van der Waals surface area contributed by atoms with Gasteiger partial charge in [-0.3, -0.25) is 14.6 Å². The van der Waals surface area contributed by atoms with Gasteiger partial charge in [-0.15, -0.1) is 0 Å². The number of carbonyl (C=O) groups excluding carboxylic acids is 1. The molecule has 1 aromatic carbocycles. The first kappa shape index (κ1) is 20.7. The zero-order chi connectivity index (χ0) is 18.8. The number of amides is 1. The molecule has 1 amide bonds. The Morgan fingerprint density at radius 1 is 1.12 bits per heavy atom. The van der Waals surface area contributed by atoms with Crippen molar-refractivity contribution < 1.29 is 9.53 Å². The van der Waals surface area contributed by atoms with Gasteiger partial charge in [0.25, 0.3) is 0 Å². The van der Waals surface area contributed by atoms with Crippen LogP contribution in [0.25, 0.3) is 0 Å². The summed E-state index contributed by atoms with van der Waals surface area (Å²) in [4.78, 5) is 16.5. The third-order valence-corrected chi connectivity index (χ3v) is 4.70. The second-order valence-corrected chi connectivity index (χ2v) is 7.58. The van der Waals surface area contributed by atoms with Gasteiger partial charge < -0.3 is 10.1 Å². The van der Waals surface area contributed by atoms with Crippen molar-refractivity contribution in [3.63, 3.8) is 0 Å². The highest BCUT2D eigenvalue weighted by atomic mass is 16.5. The third-order valence-electron chi connectivity index (χ3n) is 4.70. The van der Waals surface area contributed by atoms with E-state index in [2.05, 4.69) is 60.2 Å². The van der Waals surface area contributed by atoms with Crippen LogP contribution in [0.1, 0.15) is 39.2 Å². The predicted octanol–water partition coefficient (Wildman–Crippen LogP) is 2.76. The molecule has 2 rings (SSSR count). The molecule has 0 atom stereocenters. The molecule has 1 aliphatic rings. The van der Waals surface area contributed by atoms with Gasteiger partial charge in [-0.1, -0.05) is 32.9 Å². The second-order valence-electron chi connectivity index (χ2n) is 7.58. The summed E-state index contributed by atoms with van der Waals surface area (Å²) in [6.07, 6.45) is 2.07. The zero-order valence-electron chi connectivity index (χ0n) is 16.7. The minimum Gasteiger partial charge on any atom is -0.494 e.